The first kappa shape index (κ1) is 38.5. The van der Waals surface area contributed by atoms with Crippen molar-refractivity contribution in [3.63, 3.8) is 0 Å². The number of benzene rings is 4. The van der Waals surface area contributed by atoms with Gasteiger partial charge in [-0.05, 0) is 76.9 Å². The van der Waals surface area contributed by atoms with Crippen molar-refractivity contribution in [1.82, 2.24) is 10.6 Å². The highest BCUT2D eigenvalue weighted by Crippen LogP contribution is 2.45. The summed E-state index contributed by atoms with van der Waals surface area (Å²) in [4.78, 5) is 82.3. The molecule has 0 saturated heterocycles. The third kappa shape index (κ3) is 8.02. The maximum absolute atomic E-state index is 14.3. The van der Waals surface area contributed by atoms with Crippen LogP contribution in [0.1, 0.15) is 62.0 Å². The smallest absolute Gasteiger partial charge is 0.269 e. The quantitative estimate of drug-likeness (QED) is 0.0723. The number of hydrogen-bond donors (Lipinski definition) is 2. The minimum absolute atomic E-state index is 0.150. The maximum Gasteiger partial charge on any atom is 0.269 e. The van der Waals surface area contributed by atoms with Crippen molar-refractivity contribution in [2.24, 2.45) is 0 Å². The fourth-order valence-electron chi connectivity index (χ4n) is 6.22. The fraction of sp³-hybridized carbons (Fsp3) is 0.250. The molecule has 0 aliphatic heterocycles. The molecule has 0 aliphatic rings. The van der Waals surface area contributed by atoms with Crippen LogP contribution in [0, 0.1) is 34.1 Å². The number of aryl methyl sites for hydroxylation is 2. The summed E-state index contributed by atoms with van der Waals surface area (Å²) in [7, 11) is 0. The molecule has 0 aromatic heterocycles. The third-order valence-corrected chi connectivity index (χ3v) is 8.64. The molecule has 0 heterocycles. The van der Waals surface area contributed by atoms with Gasteiger partial charge >= 0.3 is 0 Å². The molecule has 0 radical (unpaired) electrons. The Labute approximate surface area is 311 Å². The number of nitro benzene ring substituents is 2. The summed E-state index contributed by atoms with van der Waals surface area (Å²) in [6, 6.07) is 20.9. The zero-order valence-corrected chi connectivity index (χ0v) is 30.6. The molecule has 0 fully saturated rings. The second-order valence-electron chi connectivity index (χ2n) is 13.6. The van der Waals surface area contributed by atoms with Gasteiger partial charge in [0.2, 0.25) is 11.8 Å². The van der Waals surface area contributed by atoms with E-state index >= 15 is 0 Å². The van der Waals surface area contributed by atoms with E-state index in [0.717, 1.165) is 11.1 Å². The Balaban J connectivity index is 1.89. The second-order valence-corrected chi connectivity index (χ2v) is 13.6. The van der Waals surface area contributed by atoms with Crippen LogP contribution in [0.3, 0.4) is 0 Å². The summed E-state index contributed by atoms with van der Waals surface area (Å²) in [5.74, 6) is -1.25. The van der Waals surface area contributed by atoms with E-state index in [1.54, 1.807) is 76.2 Å². The van der Waals surface area contributed by atoms with Gasteiger partial charge in [0.1, 0.15) is 23.5 Å². The largest absolute Gasteiger partial charge is 0.352 e. The molecule has 0 aliphatic carbocycles. The van der Waals surface area contributed by atoms with Crippen LogP contribution in [0.5, 0.6) is 0 Å². The molecule has 54 heavy (non-hydrogen) atoms. The fourth-order valence-corrected chi connectivity index (χ4v) is 6.22. The van der Waals surface area contributed by atoms with Crippen molar-refractivity contribution in [2.75, 3.05) is 9.80 Å². The lowest BCUT2D eigenvalue weighted by molar-refractivity contribution is -0.385. The average Bonchev–Trinajstić information content (AvgIpc) is 3.12. The minimum atomic E-state index is -1.43. The van der Waals surface area contributed by atoms with Gasteiger partial charge in [-0.3, -0.25) is 39.4 Å². The van der Waals surface area contributed by atoms with Gasteiger partial charge in [-0.1, -0.05) is 59.7 Å². The number of carbonyl (C=O) groups is 2. The standard InChI is InChI=1S/C40H40N6O8/c1-23(2)41-39(49)33(27-9-7-11-31(21-27)45(51)52)43(29-17-13-25(5)14-18-29)35-36(38(48)37(35)47)44(30-19-15-26(6)16-20-30)34(40(50)42-24(3)4)28-10-8-12-32(22-28)46(53)54/h7-24,33-34H,1-6H3,(H,41,49)(H,42,50). The van der Waals surface area contributed by atoms with Crippen molar-refractivity contribution in [3.8, 4) is 0 Å². The molecule has 2 N–H and O–H groups in total. The molecule has 14 heteroatoms. The van der Waals surface area contributed by atoms with Crippen LogP contribution in [0.2, 0.25) is 0 Å². The van der Waals surface area contributed by atoms with Crippen molar-refractivity contribution in [3.05, 3.63) is 160 Å². The number of non-ortho nitro benzene ring substituents is 2. The van der Waals surface area contributed by atoms with Crippen LogP contribution < -0.4 is 31.3 Å². The molecule has 2 atom stereocenters. The first-order chi connectivity index (χ1) is 25.6. The number of rotatable bonds is 14. The zero-order chi connectivity index (χ0) is 39.4. The average molecular weight is 733 g/mol. The Morgan fingerprint density at radius 3 is 1.20 bits per heavy atom. The van der Waals surface area contributed by atoms with Crippen LogP contribution in [-0.4, -0.2) is 33.7 Å². The van der Waals surface area contributed by atoms with E-state index in [-0.39, 0.29) is 33.9 Å². The molecule has 2 unspecified atom stereocenters. The lowest BCUT2D eigenvalue weighted by Gasteiger charge is -2.40. The first-order valence-electron chi connectivity index (χ1n) is 17.2. The number of amides is 2. The number of nitrogens with one attached hydrogen (secondary N) is 2. The lowest BCUT2D eigenvalue weighted by atomic mass is 9.96. The molecule has 0 saturated carbocycles. The van der Waals surface area contributed by atoms with Crippen LogP contribution in [0.4, 0.5) is 34.1 Å². The molecule has 2 amide bonds. The maximum atomic E-state index is 14.3. The number of anilines is 4. The molecular weight excluding hydrogens is 692 g/mol. The number of nitrogens with zero attached hydrogens (tertiary/aromatic N) is 4. The van der Waals surface area contributed by atoms with Crippen LogP contribution in [-0.2, 0) is 9.59 Å². The van der Waals surface area contributed by atoms with Crippen molar-refractivity contribution < 1.29 is 19.4 Å². The summed E-state index contributed by atoms with van der Waals surface area (Å²) in [6.45, 7) is 10.6. The van der Waals surface area contributed by atoms with Gasteiger partial charge in [0.15, 0.2) is 0 Å². The molecular formula is C40H40N6O8. The highest BCUT2D eigenvalue weighted by molar-refractivity contribution is 5.97. The molecule has 278 valence electrons. The SMILES string of the molecule is Cc1ccc(N(c2c(N(c3ccc(C)cc3)C(C(=O)NC(C)C)c3cccc([N+](=O)[O-])c3)c(=O)c2=O)C(C(=O)NC(C)C)c2cccc([N+](=O)[O-])c2)cc1. The van der Waals surface area contributed by atoms with E-state index in [4.69, 9.17) is 0 Å². The third-order valence-electron chi connectivity index (χ3n) is 8.64. The highest BCUT2D eigenvalue weighted by Gasteiger charge is 2.42. The van der Waals surface area contributed by atoms with E-state index in [0.29, 0.717) is 11.4 Å². The van der Waals surface area contributed by atoms with Crippen LogP contribution >= 0.6 is 0 Å². The summed E-state index contributed by atoms with van der Waals surface area (Å²) in [5, 5.41) is 29.6. The summed E-state index contributed by atoms with van der Waals surface area (Å²) >= 11 is 0. The first-order valence-corrected chi connectivity index (χ1v) is 17.2. The lowest BCUT2D eigenvalue weighted by Crippen LogP contribution is -2.50. The molecule has 0 spiro atoms. The van der Waals surface area contributed by atoms with Gasteiger partial charge in [0.05, 0.1) is 9.85 Å². The van der Waals surface area contributed by atoms with Crippen LogP contribution in [0.15, 0.2) is 107 Å². The Kier molecular flexibility index (Phi) is 11.3. The topological polar surface area (TPSA) is 185 Å². The van der Waals surface area contributed by atoms with Crippen LogP contribution in [0.25, 0.3) is 0 Å². The Bertz CT molecular complexity index is 2120. The van der Waals surface area contributed by atoms with Crippen molar-refractivity contribution >= 4 is 45.9 Å². The van der Waals surface area contributed by atoms with Gasteiger partial charge in [0, 0.05) is 47.7 Å². The van der Waals surface area contributed by atoms with E-state index in [9.17, 15) is 39.4 Å². The van der Waals surface area contributed by atoms with Gasteiger partial charge in [0.25, 0.3) is 22.2 Å². The predicted octanol–water partition coefficient (Wildman–Crippen LogP) is 6.52. The Hall–Kier alpha value is -6.70. The van der Waals surface area contributed by atoms with Gasteiger partial charge in [-0.2, -0.15) is 0 Å². The normalized spacial score (nSPS) is 12.3. The van der Waals surface area contributed by atoms with Crippen molar-refractivity contribution in [1.29, 1.82) is 0 Å². The van der Waals surface area contributed by atoms with E-state index in [1.165, 1.54) is 58.3 Å². The molecule has 5 aromatic carbocycles. The number of hydrogen-bond acceptors (Lipinski definition) is 10. The highest BCUT2D eigenvalue weighted by atomic mass is 16.6. The summed E-state index contributed by atoms with van der Waals surface area (Å²) in [6.07, 6.45) is 0. The van der Waals surface area contributed by atoms with Gasteiger partial charge < -0.3 is 20.4 Å². The molecule has 5 aromatic rings. The van der Waals surface area contributed by atoms with Crippen molar-refractivity contribution in [2.45, 2.75) is 65.7 Å². The minimum Gasteiger partial charge on any atom is -0.352 e. The number of nitro groups is 2. The predicted molar refractivity (Wildman–Crippen MR) is 206 cm³/mol. The zero-order valence-electron chi connectivity index (χ0n) is 30.6. The van der Waals surface area contributed by atoms with Gasteiger partial charge in [-0.15, -0.1) is 0 Å². The second kappa shape index (κ2) is 15.9. The Morgan fingerprint density at radius 2 is 0.907 bits per heavy atom. The summed E-state index contributed by atoms with van der Waals surface area (Å²) < 4.78 is 0. The van der Waals surface area contributed by atoms with E-state index < -0.39 is 56.7 Å². The molecule has 5 rings (SSSR count). The number of carbonyl (C=O) groups excluding carboxylic acids is 2. The molecule has 14 nitrogen and oxygen atoms in total. The van der Waals surface area contributed by atoms with Gasteiger partial charge in [-0.25, -0.2) is 0 Å². The van der Waals surface area contributed by atoms with E-state index in [2.05, 4.69) is 10.6 Å². The molecule has 0 bridgehead atoms. The monoisotopic (exact) mass is 732 g/mol. The van der Waals surface area contributed by atoms with E-state index in [1.807, 2.05) is 13.8 Å². The Morgan fingerprint density at radius 1 is 0.574 bits per heavy atom. The summed E-state index contributed by atoms with van der Waals surface area (Å²) in [5.41, 5.74) is -0.482.